The van der Waals surface area contributed by atoms with E-state index in [2.05, 4.69) is 18.7 Å². The maximum Gasteiger partial charge on any atom is 0.144 e. The summed E-state index contributed by atoms with van der Waals surface area (Å²) in [7, 11) is 0. The van der Waals surface area contributed by atoms with Crippen LogP contribution in [0.15, 0.2) is 36.4 Å². The van der Waals surface area contributed by atoms with Crippen molar-refractivity contribution < 1.29 is 9.47 Å². The molecule has 0 aromatic heterocycles. The lowest BCUT2D eigenvalue weighted by Crippen LogP contribution is -2.37. The lowest BCUT2D eigenvalue weighted by Gasteiger charge is -2.27. The van der Waals surface area contributed by atoms with Gasteiger partial charge in [0.1, 0.15) is 25.0 Å². The van der Waals surface area contributed by atoms with Gasteiger partial charge >= 0.3 is 0 Å². The van der Waals surface area contributed by atoms with Crippen molar-refractivity contribution in [1.82, 2.24) is 4.90 Å². The van der Waals surface area contributed by atoms with E-state index >= 15 is 0 Å². The molecule has 130 valence electrons. The molecule has 0 bridgehead atoms. The highest BCUT2D eigenvalue weighted by molar-refractivity contribution is 5.47. The Kier molecular flexibility index (Phi) is 5.93. The van der Waals surface area contributed by atoms with Gasteiger partial charge in [-0.25, -0.2) is 4.90 Å². The number of ether oxygens (including phenoxy) is 2. The Morgan fingerprint density at radius 1 is 0.833 bits per heavy atom. The Morgan fingerprint density at radius 3 is 1.58 bits per heavy atom. The Balaban J connectivity index is 1.96. The standard InChI is InChI=1S/C19H27N3O2/c1-13(2)22(11-23-18-7-5-16(20)9-14(18)3)12-24-19-8-6-17(21)10-15(19)4/h5-10,13H,11-12,20-21H2,1-4H3. The fourth-order valence-corrected chi connectivity index (χ4v) is 2.31. The quantitative estimate of drug-likeness (QED) is 0.600. The summed E-state index contributed by atoms with van der Waals surface area (Å²) in [5, 5.41) is 0. The summed E-state index contributed by atoms with van der Waals surface area (Å²) in [6.07, 6.45) is 0. The highest BCUT2D eigenvalue weighted by Crippen LogP contribution is 2.22. The summed E-state index contributed by atoms with van der Waals surface area (Å²) in [4.78, 5) is 2.10. The molecule has 0 spiro atoms. The van der Waals surface area contributed by atoms with Gasteiger partial charge in [-0.2, -0.15) is 0 Å². The SMILES string of the molecule is Cc1cc(N)ccc1OCN(COc1ccc(N)cc1C)C(C)C. The predicted octanol–water partition coefficient (Wildman–Crippen LogP) is 3.55. The van der Waals surface area contributed by atoms with Crippen LogP contribution in [0.1, 0.15) is 25.0 Å². The molecular formula is C19H27N3O2. The molecule has 0 fully saturated rings. The average molecular weight is 329 g/mol. The van der Waals surface area contributed by atoms with Gasteiger partial charge in [0.25, 0.3) is 0 Å². The zero-order valence-corrected chi connectivity index (χ0v) is 14.9. The summed E-state index contributed by atoms with van der Waals surface area (Å²) in [5.41, 5.74) is 15.1. The summed E-state index contributed by atoms with van der Waals surface area (Å²) >= 11 is 0. The number of benzene rings is 2. The van der Waals surface area contributed by atoms with Crippen molar-refractivity contribution >= 4 is 11.4 Å². The first-order chi connectivity index (χ1) is 11.4. The van der Waals surface area contributed by atoms with Gasteiger partial charge in [-0.1, -0.05) is 0 Å². The van der Waals surface area contributed by atoms with Crippen molar-refractivity contribution in [1.29, 1.82) is 0 Å². The summed E-state index contributed by atoms with van der Waals surface area (Å²) in [6, 6.07) is 11.6. The number of anilines is 2. The maximum atomic E-state index is 5.92. The van der Waals surface area contributed by atoms with Crippen LogP contribution < -0.4 is 20.9 Å². The highest BCUT2D eigenvalue weighted by Gasteiger charge is 2.12. The van der Waals surface area contributed by atoms with Crippen molar-refractivity contribution in [3.05, 3.63) is 47.5 Å². The van der Waals surface area contributed by atoms with E-state index in [1.165, 1.54) is 0 Å². The van der Waals surface area contributed by atoms with Crippen molar-refractivity contribution in [2.75, 3.05) is 24.9 Å². The summed E-state index contributed by atoms with van der Waals surface area (Å²) in [5.74, 6) is 1.66. The molecule has 0 radical (unpaired) electrons. The molecule has 0 aliphatic rings. The van der Waals surface area contributed by atoms with Crippen LogP contribution in [-0.4, -0.2) is 24.4 Å². The van der Waals surface area contributed by atoms with Gasteiger partial charge in [0.15, 0.2) is 0 Å². The van der Waals surface area contributed by atoms with E-state index in [1.54, 1.807) is 0 Å². The second kappa shape index (κ2) is 7.93. The van der Waals surface area contributed by atoms with Crippen LogP contribution in [0.2, 0.25) is 0 Å². The molecular weight excluding hydrogens is 302 g/mol. The van der Waals surface area contributed by atoms with Crippen LogP contribution in [-0.2, 0) is 0 Å². The van der Waals surface area contributed by atoms with Crippen LogP contribution in [0.5, 0.6) is 11.5 Å². The monoisotopic (exact) mass is 329 g/mol. The van der Waals surface area contributed by atoms with Gasteiger partial charge in [-0.15, -0.1) is 0 Å². The van der Waals surface area contributed by atoms with E-state index in [4.69, 9.17) is 20.9 Å². The first-order valence-corrected chi connectivity index (χ1v) is 8.08. The maximum absolute atomic E-state index is 5.92. The number of rotatable bonds is 7. The van der Waals surface area contributed by atoms with Gasteiger partial charge in [-0.05, 0) is 75.2 Å². The number of aryl methyl sites for hydroxylation is 2. The molecule has 0 atom stereocenters. The summed E-state index contributed by atoms with van der Waals surface area (Å²) in [6.45, 7) is 9.07. The van der Waals surface area contributed by atoms with Crippen molar-refractivity contribution in [3.63, 3.8) is 0 Å². The van der Waals surface area contributed by atoms with Gasteiger partial charge in [0, 0.05) is 17.4 Å². The Hall–Kier alpha value is -2.40. The zero-order chi connectivity index (χ0) is 17.7. The lowest BCUT2D eigenvalue weighted by atomic mass is 10.2. The minimum Gasteiger partial charge on any atom is -0.478 e. The van der Waals surface area contributed by atoms with Gasteiger partial charge < -0.3 is 20.9 Å². The highest BCUT2D eigenvalue weighted by atomic mass is 16.5. The molecule has 2 aromatic rings. The second-order valence-corrected chi connectivity index (χ2v) is 6.28. The fourth-order valence-electron chi connectivity index (χ4n) is 2.31. The van der Waals surface area contributed by atoms with Crippen LogP contribution in [0.3, 0.4) is 0 Å². The second-order valence-electron chi connectivity index (χ2n) is 6.28. The largest absolute Gasteiger partial charge is 0.478 e. The third kappa shape index (κ3) is 4.80. The molecule has 0 unspecified atom stereocenters. The minimum absolute atomic E-state index is 0.285. The third-order valence-electron chi connectivity index (χ3n) is 3.90. The van der Waals surface area contributed by atoms with Crippen molar-refractivity contribution in [2.45, 2.75) is 33.7 Å². The lowest BCUT2D eigenvalue weighted by molar-refractivity contribution is 0.0293. The van der Waals surface area contributed by atoms with Gasteiger partial charge in [-0.3, -0.25) is 0 Å². The van der Waals surface area contributed by atoms with Gasteiger partial charge in [0.05, 0.1) is 0 Å². The van der Waals surface area contributed by atoms with E-state index in [9.17, 15) is 0 Å². The number of nitrogen functional groups attached to an aromatic ring is 2. The molecule has 5 nitrogen and oxygen atoms in total. The van der Waals surface area contributed by atoms with E-state index in [-0.39, 0.29) is 6.04 Å². The van der Waals surface area contributed by atoms with E-state index in [0.717, 1.165) is 34.0 Å². The fraction of sp³-hybridized carbons (Fsp3) is 0.368. The molecule has 0 saturated heterocycles. The van der Waals surface area contributed by atoms with Crippen LogP contribution in [0.25, 0.3) is 0 Å². The molecule has 0 amide bonds. The van der Waals surface area contributed by atoms with Crippen LogP contribution >= 0.6 is 0 Å². The smallest absolute Gasteiger partial charge is 0.144 e. The average Bonchev–Trinajstić information content (AvgIpc) is 2.50. The topological polar surface area (TPSA) is 73.7 Å². The Bertz CT molecular complexity index is 631. The Morgan fingerprint density at radius 2 is 1.25 bits per heavy atom. The molecule has 0 aliphatic carbocycles. The normalized spacial score (nSPS) is 11.1. The number of hydrogen-bond acceptors (Lipinski definition) is 5. The third-order valence-corrected chi connectivity index (χ3v) is 3.90. The van der Waals surface area contributed by atoms with Crippen LogP contribution in [0.4, 0.5) is 11.4 Å². The van der Waals surface area contributed by atoms with Crippen molar-refractivity contribution in [2.24, 2.45) is 0 Å². The Labute approximate surface area is 144 Å². The first-order valence-electron chi connectivity index (χ1n) is 8.08. The molecule has 5 heteroatoms. The van der Waals surface area contributed by atoms with Crippen molar-refractivity contribution in [3.8, 4) is 11.5 Å². The molecule has 2 rings (SSSR count). The summed E-state index contributed by atoms with van der Waals surface area (Å²) < 4.78 is 11.8. The number of hydrogen-bond donors (Lipinski definition) is 2. The molecule has 0 heterocycles. The minimum atomic E-state index is 0.285. The van der Waals surface area contributed by atoms with E-state index < -0.39 is 0 Å². The van der Waals surface area contributed by atoms with E-state index in [0.29, 0.717) is 13.5 Å². The molecule has 0 saturated carbocycles. The van der Waals surface area contributed by atoms with Gasteiger partial charge in [0.2, 0.25) is 0 Å². The van der Waals surface area contributed by atoms with Crippen LogP contribution in [0, 0.1) is 13.8 Å². The molecule has 4 N–H and O–H groups in total. The van der Waals surface area contributed by atoms with E-state index in [1.807, 2.05) is 50.2 Å². The molecule has 24 heavy (non-hydrogen) atoms. The number of nitrogens with zero attached hydrogens (tertiary/aromatic N) is 1. The first kappa shape index (κ1) is 17.9. The molecule has 2 aromatic carbocycles. The zero-order valence-electron chi connectivity index (χ0n) is 14.9. The predicted molar refractivity (Wildman–Crippen MR) is 99.1 cm³/mol. The number of nitrogens with two attached hydrogens (primary N) is 2. The molecule has 0 aliphatic heterocycles.